The van der Waals surface area contributed by atoms with Crippen LogP contribution >= 0.6 is 0 Å². The third kappa shape index (κ3) is 0.690. The third-order valence-corrected chi connectivity index (χ3v) is 1.39. The summed E-state index contributed by atoms with van der Waals surface area (Å²) >= 11 is 0. The zero-order valence-electron chi connectivity index (χ0n) is 4.79. The predicted molar refractivity (Wildman–Crippen MR) is 28.0 cm³/mol. The number of amides is 1. The van der Waals surface area contributed by atoms with E-state index in [0.29, 0.717) is 0 Å². The molecule has 3 nitrogen and oxygen atoms in total. The molecule has 1 aliphatic rings. The van der Waals surface area contributed by atoms with Gasteiger partial charge in [-0.2, -0.15) is 0 Å². The highest BCUT2D eigenvalue weighted by Crippen LogP contribution is 2.12. The van der Waals surface area contributed by atoms with Crippen LogP contribution in [0.2, 0.25) is 0 Å². The van der Waals surface area contributed by atoms with Gasteiger partial charge in [0.2, 0.25) is 5.91 Å². The van der Waals surface area contributed by atoms with Gasteiger partial charge in [-0.25, -0.2) is 0 Å². The first-order valence-corrected chi connectivity index (χ1v) is 2.67. The van der Waals surface area contributed by atoms with Crippen LogP contribution in [0.15, 0.2) is 0 Å². The molecule has 0 radical (unpaired) electrons. The number of rotatable bonds is 0. The van der Waals surface area contributed by atoms with Crippen molar-refractivity contribution in [2.45, 2.75) is 19.6 Å². The van der Waals surface area contributed by atoms with Gasteiger partial charge in [-0.15, -0.1) is 0 Å². The molecular formula is C5H9NO2. The van der Waals surface area contributed by atoms with Gasteiger partial charge >= 0.3 is 0 Å². The molecule has 3 heteroatoms. The summed E-state index contributed by atoms with van der Waals surface area (Å²) in [6, 6.07) is 0. The number of likely N-dealkylation sites (tertiary alicyclic amines) is 1. The van der Waals surface area contributed by atoms with Gasteiger partial charge in [-0.05, 0) is 0 Å². The predicted octanol–water partition coefficient (Wildman–Crippen LogP) is -0.443. The monoisotopic (exact) mass is 115 g/mol. The molecule has 0 bridgehead atoms. The summed E-state index contributed by atoms with van der Waals surface area (Å²) in [5, 5.41) is 8.78. The molecule has 0 aromatic rings. The van der Waals surface area contributed by atoms with Crippen LogP contribution in [0.4, 0.5) is 0 Å². The van der Waals surface area contributed by atoms with Crippen LogP contribution in [0.25, 0.3) is 0 Å². The van der Waals surface area contributed by atoms with Crippen LogP contribution in [0.5, 0.6) is 0 Å². The Morgan fingerprint density at radius 3 is 2.50 bits per heavy atom. The molecule has 1 fully saturated rings. The average Bonchev–Trinajstić information content (AvgIpc) is 1.61. The minimum absolute atomic E-state index is 0.0382. The van der Waals surface area contributed by atoms with Crippen molar-refractivity contribution >= 4 is 5.91 Å². The molecule has 0 aliphatic carbocycles. The fourth-order valence-electron chi connectivity index (χ4n) is 0.741. The van der Waals surface area contributed by atoms with E-state index in [1.54, 1.807) is 0 Å². The van der Waals surface area contributed by atoms with E-state index in [1.807, 2.05) is 0 Å². The zero-order chi connectivity index (χ0) is 6.15. The molecule has 1 aliphatic heterocycles. The van der Waals surface area contributed by atoms with Gasteiger partial charge in [-0.3, -0.25) is 4.79 Å². The van der Waals surface area contributed by atoms with Gasteiger partial charge in [0.25, 0.3) is 0 Å². The number of aliphatic hydroxyl groups is 1. The first kappa shape index (κ1) is 5.56. The molecule has 1 atom stereocenters. The minimum Gasteiger partial charge on any atom is -0.373 e. The summed E-state index contributed by atoms with van der Waals surface area (Å²) in [5.74, 6) is -0.0382. The van der Waals surface area contributed by atoms with E-state index in [-0.39, 0.29) is 5.91 Å². The number of aliphatic hydroxyl groups excluding tert-OH is 1. The van der Waals surface area contributed by atoms with Crippen LogP contribution in [0, 0.1) is 0 Å². The molecule has 1 heterocycles. The van der Waals surface area contributed by atoms with Crippen LogP contribution in [-0.2, 0) is 4.79 Å². The number of nitrogens with zero attached hydrogens (tertiary/aromatic N) is 1. The summed E-state index contributed by atoms with van der Waals surface area (Å²) in [4.78, 5) is 11.8. The minimum atomic E-state index is -0.493. The number of hydrogen-bond donors (Lipinski definition) is 1. The fourth-order valence-corrected chi connectivity index (χ4v) is 0.741. The Hall–Kier alpha value is -0.570. The molecule has 1 unspecified atom stereocenters. The van der Waals surface area contributed by atoms with Gasteiger partial charge in [0, 0.05) is 19.9 Å². The topological polar surface area (TPSA) is 40.5 Å². The molecule has 1 amide bonds. The van der Waals surface area contributed by atoms with E-state index < -0.39 is 6.23 Å². The summed E-state index contributed by atoms with van der Waals surface area (Å²) in [5.41, 5.74) is 0. The van der Waals surface area contributed by atoms with Crippen molar-refractivity contribution in [2.24, 2.45) is 0 Å². The lowest BCUT2D eigenvalue weighted by atomic mass is 10.2. The molecular weight excluding hydrogens is 106 g/mol. The maximum atomic E-state index is 10.4. The van der Waals surface area contributed by atoms with Crippen molar-refractivity contribution < 1.29 is 9.90 Å². The highest BCUT2D eigenvalue weighted by atomic mass is 16.3. The van der Waals surface area contributed by atoms with E-state index in [4.69, 9.17) is 5.11 Å². The van der Waals surface area contributed by atoms with E-state index in [9.17, 15) is 4.79 Å². The molecule has 0 aromatic carbocycles. The van der Waals surface area contributed by atoms with Crippen molar-refractivity contribution in [3.63, 3.8) is 0 Å². The van der Waals surface area contributed by atoms with Crippen LogP contribution < -0.4 is 0 Å². The lowest BCUT2D eigenvalue weighted by molar-refractivity contribution is -0.151. The van der Waals surface area contributed by atoms with Crippen molar-refractivity contribution in [3.8, 4) is 0 Å². The van der Waals surface area contributed by atoms with Crippen LogP contribution in [-0.4, -0.2) is 28.7 Å². The first-order chi connectivity index (χ1) is 3.72. The Morgan fingerprint density at radius 1 is 1.88 bits per heavy atom. The molecule has 8 heavy (non-hydrogen) atoms. The van der Waals surface area contributed by atoms with Crippen molar-refractivity contribution in [1.29, 1.82) is 0 Å². The second-order valence-electron chi connectivity index (χ2n) is 1.98. The first-order valence-electron chi connectivity index (χ1n) is 2.67. The summed E-state index contributed by atoms with van der Waals surface area (Å²) in [6.07, 6.45) is 0.243. The second kappa shape index (κ2) is 1.74. The van der Waals surface area contributed by atoms with Crippen molar-refractivity contribution in [2.75, 3.05) is 6.54 Å². The SMILES string of the molecule is CC(=O)N1CCC1O. The van der Waals surface area contributed by atoms with Gasteiger partial charge < -0.3 is 10.0 Å². The van der Waals surface area contributed by atoms with Crippen LogP contribution in [0.1, 0.15) is 13.3 Å². The Balaban J connectivity index is 2.37. The maximum Gasteiger partial charge on any atom is 0.221 e. The Labute approximate surface area is 47.9 Å². The number of carbonyl (C=O) groups excluding carboxylic acids is 1. The smallest absolute Gasteiger partial charge is 0.221 e. The highest BCUT2D eigenvalue weighted by molar-refractivity contribution is 5.74. The molecule has 46 valence electrons. The third-order valence-electron chi connectivity index (χ3n) is 1.39. The number of hydrogen-bond acceptors (Lipinski definition) is 2. The molecule has 1 saturated heterocycles. The lowest BCUT2D eigenvalue weighted by Crippen LogP contribution is -2.49. The highest BCUT2D eigenvalue weighted by Gasteiger charge is 2.26. The maximum absolute atomic E-state index is 10.4. The molecule has 1 N–H and O–H groups in total. The van der Waals surface area contributed by atoms with Crippen molar-refractivity contribution in [3.05, 3.63) is 0 Å². The summed E-state index contributed by atoms with van der Waals surface area (Å²) < 4.78 is 0. The Kier molecular flexibility index (Phi) is 1.21. The van der Waals surface area contributed by atoms with Crippen LogP contribution in [0.3, 0.4) is 0 Å². The zero-order valence-corrected chi connectivity index (χ0v) is 4.79. The van der Waals surface area contributed by atoms with E-state index in [1.165, 1.54) is 11.8 Å². The Morgan fingerprint density at radius 2 is 2.50 bits per heavy atom. The van der Waals surface area contributed by atoms with Gasteiger partial charge in [0.15, 0.2) is 0 Å². The molecule has 0 saturated carbocycles. The normalized spacial score (nSPS) is 27.2. The second-order valence-corrected chi connectivity index (χ2v) is 1.98. The average molecular weight is 115 g/mol. The number of carbonyl (C=O) groups is 1. The summed E-state index contributed by atoms with van der Waals surface area (Å²) in [6.45, 7) is 2.18. The van der Waals surface area contributed by atoms with Crippen molar-refractivity contribution in [1.82, 2.24) is 4.90 Å². The standard InChI is InChI=1S/C5H9NO2/c1-4(7)6-3-2-5(6)8/h5,8H,2-3H2,1H3. The molecule has 1 rings (SSSR count). The van der Waals surface area contributed by atoms with Gasteiger partial charge in [0.05, 0.1) is 0 Å². The van der Waals surface area contributed by atoms with Gasteiger partial charge in [0.1, 0.15) is 6.23 Å². The quantitative estimate of drug-likeness (QED) is 0.465. The fraction of sp³-hybridized carbons (Fsp3) is 0.800. The lowest BCUT2D eigenvalue weighted by Gasteiger charge is -2.35. The van der Waals surface area contributed by atoms with E-state index in [2.05, 4.69) is 0 Å². The van der Waals surface area contributed by atoms with E-state index >= 15 is 0 Å². The largest absolute Gasteiger partial charge is 0.373 e. The molecule has 0 spiro atoms. The Bertz CT molecular complexity index is 113. The van der Waals surface area contributed by atoms with E-state index in [0.717, 1.165) is 13.0 Å². The summed E-state index contributed by atoms with van der Waals surface area (Å²) in [7, 11) is 0. The van der Waals surface area contributed by atoms with Gasteiger partial charge in [-0.1, -0.05) is 0 Å². The molecule has 0 aromatic heterocycles.